The monoisotopic (exact) mass is 303 g/mol. The molecule has 2 amide bonds. The van der Waals surface area contributed by atoms with E-state index in [1.807, 2.05) is 36.7 Å². The molecular formula is C19H17N3O. The van der Waals surface area contributed by atoms with Crippen molar-refractivity contribution in [2.75, 3.05) is 6.54 Å². The van der Waals surface area contributed by atoms with Crippen LogP contribution in [0.1, 0.15) is 6.42 Å². The predicted molar refractivity (Wildman–Crippen MR) is 91.8 cm³/mol. The molecule has 1 spiro atoms. The number of allylic oxidation sites excluding steroid dienone is 3. The average Bonchev–Trinajstić information content (AvgIpc) is 2.86. The Morgan fingerprint density at radius 2 is 1.83 bits per heavy atom. The first kappa shape index (κ1) is 13.8. The summed E-state index contributed by atoms with van der Waals surface area (Å²) in [4.78, 5) is 19.9. The van der Waals surface area contributed by atoms with Crippen molar-refractivity contribution in [2.24, 2.45) is 4.99 Å². The van der Waals surface area contributed by atoms with Gasteiger partial charge in [-0.3, -0.25) is 4.90 Å². The lowest BCUT2D eigenvalue weighted by Crippen LogP contribution is -2.47. The Kier molecular flexibility index (Phi) is 3.23. The molecule has 1 aromatic rings. The summed E-state index contributed by atoms with van der Waals surface area (Å²) in [5.74, 6) is 0. The van der Waals surface area contributed by atoms with Crippen LogP contribution < -0.4 is 10.4 Å². The fourth-order valence-electron chi connectivity index (χ4n) is 3.03. The van der Waals surface area contributed by atoms with Crippen LogP contribution in [0, 0.1) is 0 Å². The van der Waals surface area contributed by atoms with Gasteiger partial charge in [0.2, 0.25) is 0 Å². The summed E-state index contributed by atoms with van der Waals surface area (Å²) in [5, 5.41) is 2.31. The van der Waals surface area contributed by atoms with Crippen molar-refractivity contribution in [3.05, 3.63) is 71.4 Å². The number of benzene rings is 1. The van der Waals surface area contributed by atoms with Crippen molar-refractivity contribution in [1.29, 1.82) is 0 Å². The van der Waals surface area contributed by atoms with E-state index < -0.39 is 5.54 Å². The molecular weight excluding hydrogens is 286 g/mol. The van der Waals surface area contributed by atoms with Crippen molar-refractivity contribution >= 4 is 24.5 Å². The van der Waals surface area contributed by atoms with Gasteiger partial charge in [-0.1, -0.05) is 42.5 Å². The van der Waals surface area contributed by atoms with Crippen molar-refractivity contribution in [1.82, 2.24) is 9.80 Å². The fourth-order valence-corrected chi connectivity index (χ4v) is 3.03. The highest BCUT2D eigenvalue weighted by Gasteiger charge is 2.41. The molecule has 6 rings (SSSR count). The largest absolute Gasteiger partial charge is 0.354 e. The molecule has 23 heavy (non-hydrogen) atoms. The topological polar surface area (TPSA) is 35.9 Å². The third-order valence-corrected chi connectivity index (χ3v) is 4.38. The van der Waals surface area contributed by atoms with E-state index in [0.29, 0.717) is 0 Å². The summed E-state index contributed by atoms with van der Waals surface area (Å²) in [6, 6.07) is 8.21. The van der Waals surface area contributed by atoms with Crippen molar-refractivity contribution < 1.29 is 4.79 Å². The maximum Gasteiger partial charge on any atom is 0.348 e. The number of carbonyl (C=O) groups is 1. The van der Waals surface area contributed by atoms with Crippen LogP contribution in [0.15, 0.2) is 66.0 Å². The molecule has 0 saturated heterocycles. The second-order valence-corrected chi connectivity index (χ2v) is 5.89. The van der Waals surface area contributed by atoms with E-state index in [1.54, 1.807) is 11.1 Å². The minimum absolute atomic E-state index is 0.211. The molecule has 5 aliphatic rings. The first-order chi connectivity index (χ1) is 11.3. The lowest BCUT2D eigenvalue weighted by Gasteiger charge is -2.36. The number of hydrogen-bond donors (Lipinski definition) is 0. The Morgan fingerprint density at radius 1 is 1.00 bits per heavy atom. The molecule has 0 saturated carbocycles. The lowest BCUT2D eigenvalue weighted by atomic mass is 9.93. The van der Waals surface area contributed by atoms with E-state index in [1.165, 1.54) is 0 Å². The molecule has 4 nitrogen and oxygen atoms in total. The van der Waals surface area contributed by atoms with Crippen LogP contribution in [0.4, 0.5) is 4.79 Å². The summed E-state index contributed by atoms with van der Waals surface area (Å²) < 4.78 is 0. The smallest absolute Gasteiger partial charge is 0.348 e. The first-order valence-corrected chi connectivity index (χ1v) is 7.72. The minimum Gasteiger partial charge on any atom is -0.354 e. The zero-order valence-electron chi connectivity index (χ0n) is 12.7. The van der Waals surface area contributed by atoms with Gasteiger partial charge in [-0.25, -0.2) is 9.79 Å². The number of urea groups is 1. The average molecular weight is 303 g/mol. The second-order valence-electron chi connectivity index (χ2n) is 5.89. The molecule has 0 N–H and O–H groups in total. The van der Waals surface area contributed by atoms with Crippen LogP contribution in [-0.2, 0) is 0 Å². The first-order valence-electron chi connectivity index (χ1n) is 7.72. The van der Waals surface area contributed by atoms with Gasteiger partial charge in [0, 0.05) is 31.4 Å². The number of carbonyl (C=O) groups excluding carboxylic acids is 1. The molecule has 0 radical (unpaired) electrons. The van der Waals surface area contributed by atoms with E-state index in [9.17, 15) is 4.79 Å². The molecule has 4 heteroatoms. The Hall–Kier alpha value is -2.88. The fraction of sp³-hybridized carbons (Fsp3) is 0.158. The molecule has 1 aromatic carbocycles. The number of fused-ring (bicyclic) bond motifs is 2. The number of rotatable bonds is 0. The van der Waals surface area contributed by atoms with Gasteiger partial charge in [-0.15, -0.1) is 0 Å². The van der Waals surface area contributed by atoms with Crippen molar-refractivity contribution in [3.8, 4) is 0 Å². The van der Waals surface area contributed by atoms with Gasteiger partial charge in [-0.05, 0) is 29.0 Å². The van der Waals surface area contributed by atoms with Crippen LogP contribution in [0.3, 0.4) is 0 Å². The zero-order valence-corrected chi connectivity index (χ0v) is 12.7. The molecule has 4 bridgehead atoms. The van der Waals surface area contributed by atoms with Gasteiger partial charge in [-0.2, -0.15) is 0 Å². The van der Waals surface area contributed by atoms with E-state index >= 15 is 0 Å². The Labute approximate surface area is 134 Å². The molecule has 1 atom stereocenters. The third kappa shape index (κ3) is 2.52. The van der Waals surface area contributed by atoms with E-state index in [-0.39, 0.29) is 6.03 Å². The highest BCUT2D eigenvalue weighted by atomic mass is 16.2. The van der Waals surface area contributed by atoms with Crippen LogP contribution in [-0.4, -0.2) is 34.1 Å². The number of amides is 2. The van der Waals surface area contributed by atoms with E-state index in [2.05, 4.69) is 46.4 Å². The number of nitrogens with zero attached hydrogens (tertiary/aromatic N) is 3. The Balaban J connectivity index is 1.82. The molecule has 5 heterocycles. The van der Waals surface area contributed by atoms with Gasteiger partial charge < -0.3 is 4.90 Å². The molecule has 114 valence electrons. The summed E-state index contributed by atoms with van der Waals surface area (Å²) in [7, 11) is 0. The standard InChI is InChI=1S/C19H17N3O/c23-18-20-15-19-9-12-21(13-10-19)14-17-7-5-16(6-8-17)4-2-1-3-11-22(18)19/h1-9,11-12,14-15H,10,13H2. The van der Waals surface area contributed by atoms with Gasteiger partial charge >= 0.3 is 6.03 Å². The molecule has 0 aliphatic carbocycles. The van der Waals surface area contributed by atoms with Crippen molar-refractivity contribution in [3.63, 3.8) is 0 Å². The Bertz CT molecular complexity index is 855. The maximum absolute atomic E-state index is 12.1. The van der Waals surface area contributed by atoms with Crippen LogP contribution in [0.2, 0.25) is 0 Å². The molecule has 0 fully saturated rings. The predicted octanol–water partition coefficient (Wildman–Crippen LogP) is 1.75. The van der Waals surface area contributed by atoms with Crippen molar-refractivity contribution in [2.45, 2.75) is 12.0 Å². The zero-order chi connectivity index (χ0) is 15.7. The summed E-state index contributed by atoms with van der Waals surface area (Å²) in [6.07, 6.45) is 18.4. The number of hydrogen-bond acceptors (Lipinski definition) is 2. The quantitative estimate of drug-likeness (QED) is 0.732. The normalized spacial score (nSPS) is 25.1. The molecule has 1 unspecified atom stereocenters. The second kappa shape index (κ2) is 5.39. The summed E-state index contributed by atoms with van der Waals surface area (Å²) in [5.41, 5.74) is -0.432. The van der Waals surface area contributed by atoms with Crippen LogP contribution >= 0.6 is 0 Å². The SMILES string of the molecule is O=C1N=CC23C=CN(C=c4ccc(cc4)=CC=CC=CN12)CC3. The minimum atomic E-state index is -0.432. The molecule has 0 aromatic heterocycles. The Morgan fingerprint density at radius 3 is 2.61 bits per heavy atom. The maximum atomic E-state index is 12.1. The highest BCUT2D eigenvalue weighted by molar-refractivity contribution is 5.98. The van der Waals surface area contributed by atoms with Gasteiger partial charge in [0.15, 0.2) is 0 Å². The summed E-state index contributed by atoms with van der Waals surface area (Å²) in [6.45, 7) is 0.837. The third-order valence-electron chi connectivity index (χ3n) is 4.38. The summed E-state index contributed by atoms with van der Waals surface area (Å²) >= 11 is 0. The van der Waals surface area contributed by atoms with E-state index in [0.717, 1.165) is 23.4 Å². The number of aliphatic imine (C=N–C) groups is 1. The van der Waals surface area contributed by atoms with Gasteiger partial charge in [0.25, 0.3) is 0 Å². The van der Waals surface area contributed by atoms with Gasteiger partial charge in [0.1, 0.15) is 5.54 Å². The van der Waals surface area contributed by atoms with Crippen LogP contribution in [0.25, 0.3) is 12.3 Å². The van der Waals surface area contributed by atoms with E-state index in [4.69, 9.17) is 0 Å². The lowest BCUT2D eigenvalue weighted by molar-refractivity contribution is 0.207. The van der Waals surface area contributed by atoms with Gasteiger partial charge in [0.05, 0.1) is 0 Å². The highest BCUT2D eigenvalue weighted by Crippen LogP contribution is 2.30. The molecule has 5 aliphatic heterocycles. The van der Waals surface area contributed by atoms with Crippen LogP contribution in [0.5, 0.6) is 0 Å².